The number of hydrogen-bond donors (Lipinski definition) is 2. The summed E-state index contributed by atoms with van der Waals surface area (Å²) in [5.74, 6) is -0.399. The van der Waals surface area contributed by atoms with Crippen molar-refractivity contribution in [2.45, 2.75) is 25.0 Å². The Morgan fingerprint density at radius 3 is 2.71 bits per heavy atom. The highest BCUT2D eigenvalue weighted by atomic mass is 16.3. The van der Waals surface area contributed by atoms with Crippen LogP contribution in [0.1, 0.15) is 36.1 Å². The minimum absolute atomic E-state index is 0.156. The molecule has 6 nitrogen and oxygen atoms in total. The SMILES string of the molecule is C=C/C(=C\C)C1CC2(N=C(N)N(C)C2=O)c2cc(-c3cccc(C#N)c3)ccc2C1O. The van der Waals surface area contributed by atoms with E-state index in [2.05, 4.69) is 17.6 Å². The maximum atomic E-state index is 13.4. The number of hydrogen-bond acceptors (Lipinski definition) is 5. The van der Waals surface area contributed by atoms with Crippen molar-refractivity contribution in [1.82, 2.24) is 4.90 Å². The van der Waals surface area contributed by atoms with Crippen LogP contribution in [-0.4, -0.2) is 28.9 Å². The molecule has 4 rings (SSSR count). The fraction of sp³-hybridized carbons (Fsp3) is 0.240. The first kappa shape index (κ1) is 20.6. The zero-order valence-corrected chi connectivity index (χ0v) is 17.5. The van der Waals surface area contributed by atoms with Gasteiger partial charge >= 0.3 is 0 Å². The van der Waals surface area contributed by atoms with Gasteiger partial charge in [0.15, 0.2) is 11.5 Å². The van der Waals surface area contributed by atoms with Gasteiger partial charge in [-0.05, 0) is 59.4 Å². The molecule has 156 valence electrons. The molecule has 1 aliphatic heterocycles. The number of amides is 1. The number of aliphatic hydroxyl groups is 1. The molecule has 1 spiro atoms. The summed E-state index contributed by atoms with van der Waals surface area (Å²) in [4.78, 5) is 19.4. The molecule has 2 aliphatic rings. The van der Waals surface area contributed by atoms with Gasteiger partial charge in [0.1, 0.15) is 0 Å². The van der Waals surface area contributed by atoms with Crippen molar-refractivity contribution in [3.05, 3.63) is 83.5 Å². The van der Waals surface area contributed by atoms with E-state index in [-0.39, 0.29) is 17.8 Å². The molecule has 0 bridgehead atoms. The number of rotatable bonds is 3. The van der Waals surface area contributed by atoms with Crippen molar-refractivity contribution in [1.29, 1.82) is 5.26 Å². The molecular formula is C25H24N4O2. The first-order chi connectivity index (χ1) is 14.9. The van der Waals surface area contributed by atoms with E-state index < -0.39 is 11.6 Å². The number of nitrogens with two attached hydrogens (primary N) is 1. The average Bonchev–Trinajstić information content (AvgIpc) is 3.01. The third kappa shape index (κ3) is 3.06. The lowest BCUT2D eigenvalue weighted by atomic mass is 9.67. The van der Waals surface area contributed by atoms with Crippen LogP contribution >= 0.6 is 0 Å². The first-order valence-electron chi connectivity index (χ1n) is 10.1. The molecule has 0 fully saturated rings. The second kappa shape index (κ2) is 7.53. The lowest BCUT2D eigenvalue weighted by Gasteiger charge is -2.40. The van der Waals surface area contributed by atoms with E-state index in [4.69, 9.17) is 5.73 Å². The van der Waals surface area contributed by atoms with E-state index in [1.165, 1.54) is 4.90 Å². The third-order valence-corrected chi connectivity index (χ3v) is 6.34. The van der Waals surface area contributed by atoms with Gasteiger partial charge in [-0.3, -0.25) is 9.69 Å². The molecule has 0 aromatic heterocycles. The number of nitrogens with zero attached hydrogens (tertiary/aromatic N) is 3. The highest BCUT2D eigenvalue weighted by Crippen LogP contribution is 2.51. The standard InChI is InChI=1S/C25H24N4O2/c1-4-16(5-2)20-13-25(23(31)29(3)24(27)28-25)21-12-18(9-10-19(21)22(20)30)17-8-6-7-15(11-17)14-26/h4-12,20,22,30H,1,13H2,2-3H3,(H2,27,28)/b16-5+. The largest absolute Gasteiger partial charge is 0.388 e. The van der Waals surface area contributed by atoms with Crippen molar-refractivity contribution >= 4 is 11.9 Å². The molecule has 0 saturated carbocycles. The zero-order chi connectivity index (χ0) is 22.3. The van der Waals surface area contributed by atoms with E-state index in [1.807, 2.05) is 43.3 Å². The molecule has 2 aromatic carbocycles. The summed E-state index contributed by atoms with van der Waals surface area (Å²) < 4.78 is 0. The van der Waals surface area contributed by atoms with Crippen molar-refractivity contribution < 1.29 is 9.90 Å². The number of aliphatic hydroxyl groups excluding tert-OH is 1. The minimum atomic E-state index is -1.21. The Balaban J connectivity index is 1.95. The summed E-state index contributed by atoms with van der Waals surface area (Å²) >= 11 is 0. The first-order valence-corrected chi connectivity index (χ1v) is 10.1. The molecule has 2 aromatic rings. The quantitative estimate of drug-likeness (QED) is 0.754. The van der Waals surface area contributed by atoms with E-state index >= 15 is 0 Å². The van der Waals surface area contributed by atoms with Gasteiger partial charge in [-0.15, -0.1) is 0 Å². The Kier molecular flexibility index (Phi) is 5.00. The van der Waals surface area contributed by atoms with Crippen LogP contribution in [0.5, 0.6) is 0 Å². The van der Waals surface area contributed by atoms with Crippen LogP contribution in [0.25, 0.3) is 11.1 Å². The van der Waals surface area contributed by atoms with Gasteiger partial charge in [0, 0.05) is 13.0 Å². The molecule has 1 amide bonds. The Hall–Kier alpha value is -3.69. The highest BCUT2D eigenvalue weighted by molar-refractivity contribution is 6.07. The second-order valence-corrected chi connectivity index (χ2v) is 7.94. The minimum Gasteiger partial charge on any atom is -0.388 e. The Morgan fingerprint density at radius 2 is 2.10 bits per heavy atom. The predicted octanol–water partition coefficient (Wildman–Crippen LogP) is 3.39. The normalized spacial score (nSPS) is 25.2. The summed E-state index contributed by atoms with van der Waals surface area (Å²) in [5.41, 5.74) is 9.25. The van der Waals surface area contributed by atoms with Gasteiger partial charge in [0.05, 0.1) is 17.7 Å². The van der Waals surface area contributed by atoms with Crippen LogP contribution in [-0.2, 0) is 10.3 Å². The van der Waals surface area contributed by atoms with Gasteiger partial charge in [0.2, 0.25) is 0 Å². The van der Waals surface area contributed by atoms with E-state index in [9.17, 15) is 15.2 Å². The van der Waals surface area contributed by atoms with Gasteiger partial charge in [-0.1, -0.05) is 43.0 Å². The number of aliphatic imine (C=N–C) groups is 1. The molecule has 3 N–H and O–H groups in total. The smallest absolute Gasteiger partial charge is 0.261 e. The van der Waals surface area contributed by atoms with Crippen LogP contribution in [0.2, 0.25) is 0 Å². The zero-order valence-electron chi connectivity index (χ0n) is 17.5. The predicted molar refractivity (Wildman–Crippen MR) is 120 cm³/mol. The number of likely N-dealkylation sites (N-methyl/N-ethyl adjacent to an activating group) is 1. The van der Waals surface area contributed by atoms with E-state index in [0.29, 0.717) is 23.1 Å². The Labute approximate surface area is 181 Å². The maximum Gasteiger partial charge on any atom is 0.261 e. The number of guanidine groups is 1. The summed E-state index contributed by atoms with van der Waals surface area (Å²) in [6, 6.07) is 15.1. The monoisotopic (exact) mass is 412 g/mol. The molecule has 3 atom stereocenters. The van der Waals surface area contributed by atoms with Crippen molar-refractivity contribution in [2.24, 2.45) is 16.6 Å². The van der Waals surface area contributed by atoms with Crippen molar-refractivity contribution in [2.75, 3.05) is 7.05 Å². The van der Waals surface area contributed by atoms with Gasteiger partial charge in [-0.2, -0.15) is 5.26 Å². The highest BCUT2D eigenvalue weighted by Gasteiger charge is 2.54. The molecule has 6 heteroatoms. The van der Waals surface area contributed by atoms with Gasteiger partial charge in [-0.25, -0.2) is 4.99 Å². The Bertz CT molecular complexity index is 1190. The number of carbonyl (C=O) groups excluding carboxylic acids is 1. The number of carbonyl (C=O) groups is 1. The summed E-state index contributed by atoms with van der Waals surface area (Å²) in [5, 5.41) is 20.5. The maximum absolute atomic E-state index is 13.4. The van der Waals surface area contributed by atoms with Crippen LogP contribution in [0.3, 0.4) is 0 Å². The molecule has 1 aliphatic carbocycles. The molecule has 31 heavy (non-hydrogen) atoms. The summed E-state index contributed by atoms with van der Waals surface area (Å²) in [6.07, 6.45) is 3.10. The molecule has 3 unspecified atom stereocenters. The van der Waals surface area contributed by atoms with Crippen LogP contribution in [0.15, 0.2) is 71.8 Å². The number of fused-ring (bicyclic) bond motifs is 2. The lowest BCUT2D eigenvalue weighted by molar-refractivity contribution is -0.132. The molecule has 0 saturated heterocycles. The topological polar surface area (TPSA) is 103 Å². The van der Waals surface area contributed by atoms with E-state index in [0.717, 1.165) is 16.7 Å². The summed E-state index contributed by atoms with van der Waals surface area (Å²) in [6.45, 7) is 5.76. The van der Waals surface area contributed by atoms with Crippen LogP contribution < -0.4 is 5.73 Å². The fourth-order valence-electron chi connectivity index (χ4n) is 4.67. The fourth-order valence-corrected chi connectivity index (χ4v) is 4.67. The molecular weight excluding hydrogens is 388 g/mol. The lowest BCUT2D eigenvalue weighted by Crippen LogP contribution is -2.45. The second-order valence-electron chi connectivity index (χ2n) is 7.94. The van der Waals surface area contributed by atoms with Crippen LogP contribution in [0, 0.1) is 17.2 Å². The van der Waals surface area contributed by atoms with Crippen molar-refractivity contribution in [3.8, 4) is 17.2 Å². The Morgan fingerprint density at radius 1 is 1.35 bits per heavy atom. The summed E-state index contributed by atoms with van der Waals surface area (Å²) in [7, 11) is 1.61. The van der Waals surface area contributed by atoms with Gasteiger partial charge in [0.25, 0.3) is 5.91 Å². The van der Waals surface area contributed by atoms with Crippen LogP contribution in [0.4, 0.5) is 0 Å². The number of benzene rings is 2. The molecule has 0 radical (unpaired) electrons. The molecule has 1 heterocycles. The number of nitriles is 1. The average molecular weight is 412 g/mol. The third-order valence-electron chi connectivity index (χ3n) is 6.34. The van der Waals surface area contributed by atoms with Crippen molar-refractivity contribution in [3.63, 3.8) is 0 Å². The number of allylic oxidation sites excluding steroid dienone is 2. The van der Waals surface area contributed by atoms with Gasteiger partial charge < -0.3 is 10.8 Å². The van der Waals surface area contributed by atoms with E-state index in [1.54, 1.807) is 25.3 Å².